The van der Waals surface area contributed by atoms with Gasteiger partial charge in [0.2, 0.25) is 0 Å². The summed E-state index contributed by atoms with van der Waals surface area (Å²) < 4.78 is 0. The van der Waals surface area contributed by atoms with E-state index in [1.807, 2.05) is 0 Å². The quantitative estimate of drug-likeness (QED) is 0.581. The fraction of sp³-hybridized carbons (Fsp3) is 0.750. The minimum Gasteiger partial charge on any atom is -0.379 e. The van der Waals surface area contributed by atoms with Crippen LogP contribution in [0, 0.1) is 0 Å². The second-order valence-corrected chi connectivity index (χ2v) is 3.92. The molecule has 1 aliphatic heterocycles. The highest BCUT2D eigenvalue weighted by Gasteiger charge is 2.09. The van der Waals surface area contributed by atoms with Gasteiger partial charge < -0.3 is 5.73 Å². The molecular weight excluding hydrogens is 188 g/mol. The maximum absolute atomic E-state index is 5.39. The Labute approximate surface area is 61.1 Å². The minimum absolute atomic E-state index is 0.528. The van der Waals surface area contributed by atoms with Crippen molar-refractivity contribution in [3.63, 3.8) is 0 Å². The molecule has 0 saturated carbocycles. The molecular formula is C4H7BrN2S. The highest BCUT2D eigenvalue weighted by atomic mass is 79.9. The van der Waals surface area contributed by atoms with Crippen molar-refractivity contribution in [2.24, 2.45) is 10.7 Å². The Morgan fingerprint density at radius 3 is 3.00 bits per heavy atom. The number of halogens is 1. The van der Waals surface area contributed by atoms with E-state index >= 15 is 0 Å². The van der Waals surface area contributed by atoms with Crippen LogP contribution < -0.4 is 5.73 Å². The molecule has 4 heteroatoms. The van der Waals surface area contributed by atoms with E-state index in [9.17, 15) is 0 Å². The summed E-state index contributed by atoms with van der Waals surface area (Å²) in [5.74, 6) is 1.05. The Kier molecular flexibility index (Phi) is 2.19. The summed E-state index contributed by atoms with van der Waals surface area (Å²) in [6.45, 7) is 0.832. The lowest BCUT2D eigenvalue weighted by atomic mass is 10.5. The van der Waals surface area contributed by atoms with Crippen LogP contribution in [0.3, 0.4) is 0 Å². The lowest BCUT2D eigenvalue weighted by molar-refractivity contribution is 0.970. The number of hydrogen-bond acceptors (Lipinski definition) is 3. The molecule has 1 rings (SSSR count). The average molecular weight is 195 g/mol. The first-order chi connectivity index (χ1) is 3.79. The van der Waals surface area contributed by atoms with Crippen molar-refractivity contribution in [2.75, 3.05) is 12.3 Å². The van der Waals surface area contributed by atoms with Crippen LogP contribution in [0.2, 0.25) is 0 Å². The lowest BCUT2D eigenvalue weighted by Gasteiger charge is -2.11. The van der Waals surface area contributed by atoms with E-state index in [-0.39, 0.29) is 0 Å². The summed E-state index contributed by atoms with van der Waals surface area (Å²) in [5, 5.41) is 0.723. The molecule has 0 aromatic heterocycles. The molecule has 0 saturated heterocycles. The summed E-state index contributed by atoms with van der Waals surface area (Å²) in [5.41, 5.74) is 5.39. The van der Waals surface area contributed by atoms with Gasteiger partial charge >= 0.3 is 0 Å². The molecule has 0 amide bonds. The number of aliphatic imine (C=N–C) groups is 1. The van der Waals surface area contributed by atoms with Crippen LogP contribution >= 0.6 is 27.7 Å². The van der Waals surface area contributed by atoms with Gasteiger partial charge in [0.05, 0.1) is 6.54 Å². The third kappa shape index (κ3) is 1.67. The van der Waals surface area contributed by atoms with E-state index in [4.69, 9.17) is 5.73 Å². The number of thioether (sulfide) groups is 1. The number of rotatable bonds is 0. The van der Waals surface area contributed by atoms with Crippen molar-refractivity contribution in [1.29, 1.82) is 0 Å². The van der Waals surface area contributed by atoms with E-state index in [1.54, 1.807) is 11.8 Å². The molecule has 0 fully saturated rings. The Balaban J connectivity index is 2.42. The zero-order valence-electron chi connectivity index (χ0n) is 4.30. The van der Waals surface area contributed by atoms with Crippen molar-refractivity contribution in [1.82, 2.24) is 0 Å². The summed E-state index contributed by atoms with van der Waals surface area (Å²) in [6.07, 6.45) is 0. The van der Waals surface area contributed by atoms with E-state index < -0.39 is 0 Å². The SMILES string of the molecule is NC1=NC[C@@H](Br)CS1. The number of nitrogens with two attached hydrogens (primary N) is 1. The topological polar surface area (TPSA) is 38.4 Å². The summed E-state index contributed by atoms with van der Waals surface area (Å²) >= 11 is 5.04. The van der Waals surface area contributed by atoms with Gasteiger partial charge in [0, 0.05) is 10.6 Å². The second-order valence-electron chi connectivity index (χ2n) is 1.59. The van der Waals surface area contributed by atoms with Crippen LogP contribution in [-0.4, -0.2) is 22.3 Å². The molecule has 1 heterocycles. The van der Waals surface area contributed by atoms with Crippen LogP contribution in [0.25, 0.3) is 0 Å². The molecule has 1 aliphatic rings. The number of amidine groups is 1. The zero-order valence-corrected chi connectivity index (χ0v) is 6.70. The second kappa shape index (κ2) is 2.73. The first kappa shape index (κ1) is 6.42. The lowest BCUT2D eigenvalue weighted by Crippen LogP contribution is -2.20. The van der Waals surface area contributed by atoms with Gasteiger partial charge in [0.1, 0.15) is 0 Å². The van der Waals surface area contributed by atoms with Crippen molar-refractivity contribution < 1.29 is 0 Å². The van der Waals surface area contributed by atoms with Crippen molar-refractivity contribution >= 4 is 32.9 Å². The Morgan fingerprint density at radius 2 is 2.62 bits per heavy atom. The number of hydrogen-bond donors (Lipinski definition) is 1. The van der Waals surface area contributed by atoms with E-state index in [0.29, 0.717) is 4.83 Å². The minimum atomic E-state index is 0.528. The predicted molar refractivity (Wildman–Crippen MR) is 41.7 cm³/mol. The summed E-state index contributed by atoms with van der Waals surface area (Å²) in [6, 6.07) is 0. The summed E-state index contributed by atoms with van der Waals surface area (Å²) in [4.78, 5) is 4.55. The largest absolute Gasteiger partial charge is 0.379 e. The molecule has 0 aliphatic carbocycles. The summed E-state index contributed by atoms with van der Waals surface area (Å²) in [7, 11) is 0. The molecule has 0 spiro atoms. The van der Waals surface area contributed by atoms with Crippen LogP contribution in [0.15, 0.2) is 4.99 Å². The smallest absolute Gasteiger partial charge is 0.153 e. The van der Waals surface area contributed by atoms with Crippen molar-refractivity contribution in [3.05, 3.63) is 0 Å². The normalized spacial score (nSPS) is 29.6. The molecule has 2 nitrogen and oxygen atoms in total. The molecule has 2 N–H and O–H groups in total. The monoisotopic (exact) mass is 194 g/mol. The van der Waals surface area contributed by atoms with Crippen LogP contribution in [-0.2, 0) is 0 Å². The third-order valence-corrected chi connectivity index (χ3v) is 2.89. The molecule has 0 bridgehead atoms. The molecule has 8 heavy (non-hydrogen) atoms. The van der Waals surface area contributed by atoms with Gasteiger partial charge in [-0.15, -0.1) is 0 Å². The molecule has 46 valence electrons. The molecule has 0 aromatic rings. The van der Waals surface area contributed by atoms with Gasteiger partial charge in [0.25, 0.3) is 0 Å². The van der Waals surface area contributed by atoms with Gasteiger partial charge in [-0.05, 0) is 0 Å². The average Bonchev–Trinajstić information content (AvgIpc) is 1.77. The van der Waals surface area contributed by atoms with Gasteiger partial charge in [-0.2, -0.15) is 0 Å². The molecule has 1 atom stereocenters. The fourth-order valence-corrected chi connectivity index (χ4v) is 1.63. The van der Waals surface area contributed by atoms with Crippen LogP contribution in [0.4, 0.5) is 0 Å². The maximum Gasteiger partial charge on any atom is 0.153 e. The van der Waals surface area contributed by atoms with Crippen LogP contribution in [0.1, 0.15) is 0 Å². The first-order valence-electron chi connectivity index (χ1n) is 2.36. The third-order valence-electron chi connectivity index (χ3n) is 0.857. The zero-order chi connectivity index (χ0) is 5.98. The van der Waals surface area contributed by atoms with Gasteiger partial charge in [-0.1, -0.05) is 27.7 Å². The molecule has 0 unspecified atom stereocenters. The first-order valence-corrected chi connectivity index (χ1v) is 4.26. The fourth-order valence-electron chi connectivity index (χ4n) is 0.463. The van der Waals surface area contributed by atoms with Crippen molar-refractivity contribution in [2.45, 2.75) is 4.83 Å². The predicted octanol–water partition coefficient (Wildman–Crippen LogP) is 0.811. The van der Waals surface area contributed by atoms with Gasteiger partial charge in [-0.3, -0.25) is 4.99 Å². The Morgan fingerprint density at radius 1 is 1.88 bits per heavy atom. The number of nitrogens with zero attached hydrogens (tertiary/aromatic N) is 1. The van der Waals surface area contributed by atoms with Gasteiger partial charge in [-0.25, -0.2) is 0 Å². The standard InChI is InChI=1S/C4H7BrN2S/c5-3-1-7-4(6)8-2-3/h3H,1-2H2,(H2,6,7)/t3-/m1/s1. The molecule has 0 radical (unpaired) electrons. The Bertz CT molecular complexity index is 115. The van der Waals surface area contributed by atoms with Crippen LogP contribution in [0.5, 0.6) is 0 Å². The highest BCUT2D eigenvalue weighted by molar-refractivity contribution is 9.09. The maximum atomic E-state index is 5.39. The molecule has 0 aromatic carbocycles. The van der Waals surface area contributed by atoms with E-state index in [2.05, 4.69) is 20.9 Å². The highest BCUT2D eigenvalue weighted by Crippen LogP contribution is 2.14. The van der Waals surface area contributed by atoms with E-state index in [1.165, 1.54) is 0 Å². The van der Waals surface area contributed by atoms with Crippen molar-refractivity contribution in [3.8, 4) is 0 Å². The van der Waals surface area contributed by atoms with Gasteiger partial charge in [0.15, 0.2) is 5.17 Å². The Hall–Kier alpha value is 0.300. The number of alkyl halides is 1. The van der Waals surface area contributed by atoms with E-state index in [0.717, 1.165) is 17.5 Å².